The molecule has 0 aromatic heterocycles. The van der Waals surface area contributed by atoms with Gasteiger partial charge in [0.1, 0.15) is 0 Å². The maximum atomic E-state index is 2.66. The van der Waals surface area contributed by atoms with E-state index in [0.717, 1.165) is 0 Å². The Morgan fingerprint density at radius 3 is 2.00 bits per heavy atom. The maximum absolute atomic E-state index is 2.66. The summed E-state index contributed by atoms with van der Waals surface area (Å²) in [5.74, 6) is 0. The molecule has 0 saturated carbocycles. The van der Waals surface area contributed by atoms with Crippen molar-refractivity contribution in [1.82, 2.24) is 0 Å². The summed E-state index contributed by atoms with van der Waals surface area (Å²) in [5, 5.41) is 1.30. The quantitative estimate of drug-likeness (QED) is 0.493. The minimum absolute atomic E-state index is 0.701. The summed E-state index contributed by atoms with van der Waals surface area (Å²) in [6.07, 6.45) is 2.86. The Hall–Kier alpha value is 0.736. The van der Waals surface area contributed by atoms with Gasteiger partial charge in [-0.3, -0.25) is 0 Å². The predicted molar refractivity (Wildman–Crippen MR) is 49.3 cm³/mol. The molecule has 0 aromatic carbocycles. The summed E-state index contributed by atoms with van der Waals surface area (Å²) in [6.45, 7) is 7.33. The van der Waals surface area contributed by atoms with Gasteiger partial charge in [0.25, 0.3) is 0 Å². The van der Waals surface area contributed by atoms with Gasteiger partial charge in [-0.05, 0) is 0 Å². The molecule has 0 aliphatic heterocycles. The third kappa shape index (κ3) is 8.74. The van der Waals surface area contributed by atoms with Crippen molar-refractivity contribution in [3.63, 3.8) is 0 Å². The van der Waals surface area contributed by atoms with E-state index in [1.165, 1.54) is 24.2 Å². The second kappa shape index (κ2) is 4.54. The molecule has 0 radical (unpaired) electrons. The second-order valence-electron chi connectivity index (χ2n) is 3.74. The summed E-state index contributed by atoms with van der Waals surface area (Å²) < 4.78 is 0. The topological polar surface area (TPSA) is 0 Å². The first-order valence-corrected chi connectivity index (χ1v) is 8.70. The molecule has 0 bridgehead atoms. The SMILES string of the molecule is C[Si](C)(C)CCCC[SeH]. The average Bonchev–Trinajstić information content (AvgIpc) is 1.63. The molecule has 0 aromatic rings. The van der Waals surface area contributed by atoms with Crippen molar-refractivity contribution in [2.45, 2.75) is 43.8 Å². The zero-order valence-electron chi connectivity index (χ0n) is 6.78. The predicted octanol–water partition coefficient (Wildman–Crippen LogP) is 2.42. The average molecular weight is 209 g/mol. The van der Waals surface area contributed by atoms with Gasteiger partial charge < -0.3 is 0 Å². The summed E-state index contributed by atoms with van der Waals surface area (Å²) in [4.78, 5) is 0. The van der Waals surface area contributed by atoms with Crippen molar-refractivity contribution in [3.8, 4) is 0 Å². The van der Waals surface area contributed by atoms with Gasteiger partial charge in [0.05, 0.1) is 0 Å². The number of hydrogen-bond acceptors (Lipinski definition) is 0. The van der Waals surface area contributed by atoms with Crippen LogP contribution in [0.4, 0.5) is 0 Å². The molecule has 0 unspecified atom stereocenters. The Balaban J connectivity index is 3.07. The third-order valence-electron chi connectivity index (χ3n) is 1.33. The Morgan fingerprint density at radius 1 is 1.11 bits per heavy atom. The fourth-order valence-corrected chi connectivity index (χ4v) is 2.55. The Kier molecular flexibility index (Phi) is 4.91. The van der Waals surface area contributed by atoms with Crippen LogP contribution in [0.15, 0.2) is 0 Å². The number of unbranched alkanes of at least 4 members (excludes halogenated alkanes) is 1. The van der Waals surface area contributed by atoms with Crippen molar-refractivity contribution < 1.29 is 0 Å². The van der Waals surface area contributed by atoms with Gasteiger partial charge in [0.2, 0.25) is 0 Å². The van der Waals surface area contributed by atoms with E-state index >= 15 is 0 Å². The number of hydrogen-bond donors (Lipinski definition) is 0. The monoisotopic (exact) mass is 210 g/mol. The van der Waals surface area contributed by atoms with Gasteiger partial charge in [0.15, 0.2) is 0 Å². The van der Waals surface area contributed by atoms with Gasteiger partial charge in [0, 0.05) is 0 Å². The molecule has 0 heterocycles. The van der Waals surface area contributed by atoms with Crippen LogP contribution in [0, 0.1) is 0 Å². The van der Waals surface area contributed by atoms with Crippen LogP contribution in [0.3, 0.4) is 0 Å². The van der Waals surface area contributed by atoms with E-state index in [2.05, 4.69) is 35.7 Å². The summed E-state index contributed by atoms with van der Waals surface area (Å²) in [7, 11) is -0.701. The third-order valence-corrected chi connectivity index (χ3v) is 3.85. The van der Waals surface area contributed by atoms with Crippen molar-refractivity contribution in [3.05, 3.63) is 0 Å². The van der Waals surface area contributed by atoms with E-state index < -0.39 is 8.07 Å². The van der Waals surface area contributed by atoms with Gasteiger partial charge in [-0.15, -0.1) is 0 Å². The van der Waals surface area contributed by atoms with Crippen LogP contribution in [-0.4, -0.2) is 24.1 Å². The first kappa shape index (κ1) is 9.74. The fraction of sp³-hybridized carbons (Fsp3) is 1.00. The number of rotatable bonds is 4. The first-order chi connectivity index (χ1) is 4.06. The zero-order chi connectivity index (χ0) is 7.33. The van der Waals surface area contributed by atoms with E-state index in [1.54, 1.807) is 0 Å². The van der Waals surface area contributed by atoms with Crippen molar-refractivity contribution in [2.24, 2.45) is 0 Å². The molecule has 0 spiro atoms. The van der Waals surface area contributed by atoms with Crippen LogP contribution in [0.2, 0.25) is 31.0 Å². The fourth-order valence-electron chi connectivity index (χ4n) is 0.767. The molecule has 0 aliphatic rings. The molecule has 0 N–H and O–H groups in total. The molecule has 0 rings (SSSR count). The molecule has 0 fully saturated rings. The zero-order valence-corrected chi connectivity index (χ0v) is 9.65. The Labute approximate surface area is 68.2 Å². The molecule has 56 valence electrons. The van der Waals surface area contributed by atoms with Crippen molar-refractivity contribution in [2.75, 3.05) is 0 Å². The molecule has 0 amide bonds. The Morgan fingerprint density at radius 2 is 1.67 bits per heavy atom. The molecular formula is C7H18SeSi. The normalized spacial score (nSPS) is 12.0. The van der Waals surface area contributed by atoms with Crippen molar-refractivity contribution in [1.29, 1.82) is 0 Å². The minimum atomic E-state index is -0.701. The summed E-state index contributed by atoms with van der Waals surface area (Å²) in [5.41, 5.74) is 0. The first-order valence-electron chi connectivity index (χ1n) is 3.67. The molecular weight excluding hydrogens is 191 g/mol. The van der Waals surface area contributed by atoms with Gasteiger partial charge in [-0.25, -0.2) is 0 Å². The van der Waals surface area contributed by atoms with Gasteiger partial charge in [-0.1, -0.05) is 0 Å². The summed E-state index contributed by atoms with van der Waals surface area (Å²) in [6, 6.07) is 1.50. The molecule has 0 saturated heterocycles. The molecule has 9 heavy (non-hydrogen) atoms. The summed E-state index contributed by atoms with van der Waals surface area (Å²) >= 11 is 2.66. The van der Waals surface area contributed by atoms with Gasteiger partial charge in [-0.2, -0.15) is 0 Å². The Bertz CT molecular complexity index is 65.8. The second-order valence-corrected chi connectivity index (χ2v) is 10.3. The van der Waals surface area contributed by atoms with Crippen LogP contribution >= 0.6 is 0 Å². The molecule has 0 nitrogen and oxygen atoms in total. The van der Waals surface area contributed by atoms with E-state index in [1.807, 2.05) is 0 Å². The van der Waals surface area contributed by atoms with Crippen LogP contribution in [0.1, 0.15) is 12.8 Å². The standard InChI is InChI=1S/C7H18SeSi/c1-9(2,3)7-5-4-6-8/h8H,4-7H2,1-3H3. The van der Waals surface area contributed by atoms with Crippen LogP contribution in [0.5, 0.6) is 0 Å². The van der Waals surface area contributed by atoms with E-state index in [0.29, 0.717) is 0 Å². The van der Waals surface area contributed by atoms with E-state index in [-0.39, 0.29) is 0 Å². The molecule has 2 heteroatoms. The van der Waals surface area contributed by atoms with Crippen LogP contribution < -0.4 is 0 Å². The molecule has 0 atom stereocenters. The molecule has 0 aliphatic carbocycles. The van der Waals surface area contributed by atoms with Crippen LogP contribution in [0.25, 0.3) is 0 Å². The van der Waals surface area contributed by atoms with Crippen LogP contribution in [-0.2, 0) is 0 Å². The van der Waals surface area contributed by atoms with Gasteiger partial charge >= 0.3 is 67.9 Å². The van der Waals surface area contributed by atoms with E-state index in [4.69, 9.17) is 0 Å². The van der Waals surface area contributed by atoms with E-state index in [9.17, 15) is 0 Å². The van der Waals surface area contributed by atoms with Crippen molar-refractivity contribution >= 4 is 24.1 Å².